The van der Waals surface area contributed by atoms with Crippen molar-refractivity contribution in [2.45, 2.75) is 32.7 Å². The van der Waals surface area contributed by atoms with E-state index in [2.05, 4.69) is 16.6 Å². The number of hydrazone groups is 1. The molecule has 0 aromatic heterocycles. The molecule has 0 atom stereocenters. The fourth-order valence-electron chi connectivity index (χ4n) is 3.55. The molecule has 0 saturated carbocycles. The van der Waals surface area contributed by atoms with Crippen LogP contribution in [-0.4, -0.2) is 36.9 Å². The van der Waals surface area contributed by atoms with Crippen LogP contribution in [0.25, 0.3) is 0 Å². The number of ether oxygens (including phenoxy) is 1. The Morgan fingerprint density at radius 1 is 1.14 bits per heavy atom. The number of aromatic hydroxyl groups is 1. The maximum atomic E-state index is 12.2. The SMILES string of the molecule is COc1ccc(/C(C)=N\NC(=O)c2cccc(O)c2)cc1C[NH+]1CCCCC1. The number of benzene rings is 2. The van der Waals surface area contributed by atoms with Crippen LogP contribution in [-0.2, 0) is 6.54 Å². The third-order valence-corrected chi connectivity index (χ3v) is 5.13. The van der Waals surface area contributed by atoms with Crippen LogP contribution in [0.3, 0.4) is 0 Å². The van der Waals surface area contributed by atoms with Gasteiger partial charge in [0, 0.05) is 11.1 Å². The van der Waals surface area contributed by atoms with Crippen molar-refractivity contribution in [3.63, 3.8) is 0 Å². The lowest BCUT2D eigenvalue weighted by molar-refractivity contribution is -0.918. The van der Waals surface area contributed by atoms with Crippen LogP contribution < -0.4 is 15.1 Å². The van der Waals surface area contributed by atoms with Gasteiger partial charge >= 0.3 is 0 Å². The van der Waals surface area contributed by atoms with E-state index in [1.165, 1.54) is 44.5 Å². The molecule has 0 bridgehead atoms. The predicted molar refractivity (Wildman–Crippen MR) is 109 cm³/mol. The standard InChI is InChI=1S/C22H27N3O3/c1-16(23-24-22(27)18-7-6-8-20(26)14-18)17-9-10-21(28-2)19(13-17)15-25-11-4-3-5-12-25/h6-10,13-14,26H,3-5,11-12,15H2,1-2H3,(H,24,27)/p+1/b23-16-. The van der Waals surface area contributed by atoms with Gasteiger partial charge in [-0.3, -0.25) is 4.79 Å². The second kappa shape index (κ2) is 9.37. The number of nitrogens with zero attached hydrogens (tertiary/aromatic N) is 1. The molecule has 1 aliphatic rings. The number of phenols is 1. The smallest absolute Gasteiger partial charge is 0.271 e. The molecule has 2 aromatic rings. The highest BCUT2D eigenvalue weighted by atomic mass is 16.5. The van der Waals surface area contributed by atoms with Crippen LogP contribution >= 0.6 is 0 Å². The molecule has 1 amide bonds. The normalized spacial score (nSPS) is 15.3. The minimum atomic E-state index is -0.359. The second-order valence-electron chi connectivity index (χ2n) is 7.20. The molecule has 0 unspecified atom stereocenters. The Morgan fingerprint density at radius 2 is 1.93 bits per heavy atom. The van der Waals surface area contributed by atoms with Gasteiger partial charge in [0.2, 0.25) is 0 Å². The van der Waals surface area contributed by atoms with Gasteiger partial charge in [0.05, 0.1) is 25.9 Å². The highest BCUT2D eigenvalue weighted by Crippen LogP contribution is 2.20. The third-order valence-electron chi connectivity index (χ3n) is 5.13. The van der Waals surface area contributed by atoms with Gasteiger partial charge in [0.25, 0.3) is 5.91 Å². The van der Waals surface area contributed by atoms with Gasteiger partial charge in [-0.1, -0.05) is 6.07 Å². The molecule has 2 aromatic carbocycles. The molecule has 1 saturated heterocycles. The van der Waals surface area contributed by atoms with Crippen molar-refractivity contribution >= 4 is 11.6 Å². The van der Waals surface area contributed by atoms with Crippen molar-refractivity contribution in [2.75, 3.05) is 20.2 Å². The summed E-state index contributed by atoms with van der Waals surface area (Å²) in [5.41, 5.74) is 5.74. The number of phenolic OH excluding ortho intramolecular Hbond substituents is 1. The minimum absolute atomic E-state index is 0.0494. The average molecular weight is 382 g/mol. The summed E-state index contributed by atoms with van der Waals surface area (Å²) in [5.74, 6) is 0.577. The Labute approximate surface area is 165 Å². The number of quaternary nitrogens is 1. The fraction of sp³-hybridized carbons (Fsp3) is 0.364. The average Bonchev–Trinajstić information content (AvgIpc) is 2.72. The molecule has 1 heterocycles. The maximum Gasteiger partial charge on any atom is 0.271 e. The van der Waals surface area contributed by atoms with Crippen molar-refractivity contribution < 1.29 is 19.5 Å². The van der Waals surface area contributed by atoms with E-state index in [1.807, 2.05) is 19.1 Å². The number of hydrogen-bond donors (Lipinski definition) is 3. The highest BCUT2D eigenvalue weighted by molar-refractivity contribution is 6.01. The van der Waals surface area contributed by atoms with Crippen molar-refractivity contribution in [3.05, 3.63) is 59.2 Å². The Balaban J connectivity index is 1.73. The number of rotatable bonds is 6. The Hall–Kier alpha value is -2.86. The van der Waals surface area contributed by atoms with E-state index in [0.29, 0.717) is 11.3 Å². The topological polar surface area (TPSA) is 75.4 Å². The maximum absolute atomic E-state index is 12.2. The van der Waals surface area contributed by atoms with Crippen molar-refractivity contribution in [3.8, 4) is 11.5 Å². The van der Waals surface area contributed by atoms with Crippen LogP contribution in [0.2, 0.25) is 0 Å². The van der Waals surface area contributed by atoms with Gasteiger partial charge in [0.15, 0.2) is 0 Å². The first kappa shape index (κ1) is 19.9. The van der Waals surface area contributed by atoms with Crippen molar-refractivity contribution in [1.82, 2.24) is 5.43 Å². The number of amides is 1. The zero-order chi connectivity index (χ0) is 19.9. The summed E-state index contributed by atoms with van der Waals surface area (Å²) in [6.45, 7) is 5.18. The monoisotopic (exact) mass is 382 g/mol. The van der Waals surface area contributed by atoms with Gasteiger partial charge in [-0.25, -0.2) is 5.43 Å². The Bertz CT molecular complexity index is 858. The van der Waals surface area contributed by atoms with Crippen molar-refractivity contribution in [1.29, 1.82) is 0 Å². The molecule has 0 radical (unpaired) electrons. The van der Waals surface area contributed by atoms with Gasteiger partial charge in [-0.05, 0) is 68.1 Å². The second-order valence-corrected chi connectivity index (χ2v) is 7.20. The van der Waals surface area contributed by atoms with Gasteiger partial charge in [-0.2, -0.15) is 5.10 Å². The van der Waals surface area contributed by atoms with E-state index in [1.54, 1.807) is 24.1 Å². The number of piperidine rings is 1. The molecular weight excluding hydrogens is 354 g/mol. The first-order chi connectivity index (χ1) is 13.6. The third kappa shape index (κ3) is 5.10. The summed E-state index contributed by atoms with van der Waals surface area (Å²) in [6, 6.07) is 12.2. The Kier molecular flexibility index (Phi) is 6.66. The number of carbonyl (C=O) groups excluding carboxylic acids is 1. The molecule has 3 N–H and O–H groups in total. The molecule has 1 fully saturated rings. The molecule has 28 heavy (non-hydrogen) atoms. The molecule has 6 heteroatoms. The quantitative estimate of drug-likeness (QED) is 0.529. The molecule has 148 valence electrons. The number of methoxy groups -OCH3 is 1. The van der Waals surface area contributed by atoms with Crippen LogP contribution in [0.15, 0.2) is 47.6 Å². The van der Waals surface area contributed by atoms with E-state index in [9.17, 15) is 9.90 Å². The van der Waals surface area contributed by atoms with Gasteiger partial charge in [0.1, 0.15) is 18.0 Å². The summed E-state index contributed by atoms with van der Waals surface area (Å²) in [6.07, 6.45) is 3.88. The van der Waals surface area contributed by atoms with E-state index >= 15 is 0 Å². The highest BCUT2D eigenvalue weighted by Gasteiger charge is 2.17. The van der Waals surface area contributed by atoms with Crippen molar-refractivity contribution in [2.24, 2.45) is 5.10 Å². The molecular formula is C22H28N3O3+. The zero-order valence-electron chi connectivity index (χ0n) is 16.5. The van der Waals surface area contributed by atoms with Crippen LogP contribution in [0.4, 0.5) is 0 Å². The first-order valence-corrected chi connectivity index (χ1v) is 9.71. The van der Waals surface area contributed by atoms with Gasteiger partial charge < -0.3 is 14.7 Å². The molecule has 3 rings (SSSR count). The van der Waals surface area contributed by atoms with Crippen LogP contribution in [0, 0.1) is 0 Å². The first-order valence-electron chi connectivity index (χ1n) is 9.71. The fourth-order valence-corrected chi connectivity index (χ4v) is 3.55. The lowest BCUT2D eigenvalue weighted by Crippen LogP contribution is -3.11. The number of nitrogens with one attached hydrogen (secondary N) is 2. The summed E-state index contributed by atoms with van der Waals surface area (Å²) in [7, 11) is 1.69. The minimum Gasteiger partial charge on any atom is -0.508 e. The predicted octanol–water partition coefficient (Wildman–Crippen LogP) is 2.12. The molecule has 0 aliphatic carbocycles. The lowest BCUT2D eigenvalue weighted by Gasteiger charge is -2.24. The summed E-state index contributed by atoms with van der Waals surface area (Å²) in [4.78, 5) is 13.8. The largest absolute Gasteiger partial charge is 0.508 e. The Morgan fingerprint density at radius 3 is 2.64 bits per heavy atom. The van der Waals surface area contributed by atoms with Crippen LogP contribution in [0.1, 0.15) is 47.7 Å². The van der Waals surface area contributed by atoms with E-state index < -0.39 is 0 Å². The molecule has 6 nitrogen and oxygen atoms in total. The summed E-state index contributed by atoms with van der Waals surface area (Å²) in [5, 5.41) is 13.7. The summed E-state index contributed by atoms with van der Waals surface area (Å²) >= 11 is 0. The zero-order valence-corrected chi connectivity index (χ0v) is 16.5. The van der Waals surface area contributed by atoms with E-state index in [4.69, 9.17) is 4.74 Å². The molecule has 1 aliphatic heterocycles. The van der Waals surface area contributed by atoms with E-state index in [-0.39, 0.29) is 11.7 Å². The van der Waals surface area contributed by atoms with E-state index in [0.717, 1.165) is 23.4 Å². The number of likely N-dealkylation sites (tertiary alicyclic amines) is 1. The number of hydrogen-bond acceptors (Lipinski definition) is 4. The number of carbonyl (C=O) groups is 1. The van der Waals surface area contributed by atoms with Gasteiger partial charge in [-0.15, -0.1) is 0 Å². The summed E-state index contributed by atoms with van der Waals surface area (Å²) < 4.78 is 5.54. The van der Waals surface area contributed by atoms with Crippen LogP contribution in [0.5, 0.6) is 11.5 Å². The molecule has 0 spiro atoms. The lowest BCUT2D eigenvalue weighted by atomic mass is 10.0.